The van der Waals surface area contributed by atoms with E-state index in [-0.39, 0.29) is 17.5 Å². The van der Waals surface area contributed by atoms with Gasteiger partial charge in [-0.15, -0.1) is 13.2 Å². The number of alkyl halides is 3. The molecule has 1 saturated heterocycles. The molecule has 2 aromatic carbocycles. The number of hydrogen-bond donors (Lipinski definition) is 0. The van der Waals surface area contributed by atoms with Gasteiger partial charge in [-0.05, 0) is 60.6 Å². The Morgan fingerprint density at radius 3 is 2.19 bits per heavy atom. The summed E-state index contributed by atoms with van der Waals surface area (Å²) in [5.74, 6) is -0.294. The van der Waals surface area contributed by atoms with Crippen LogP contribution in [0.3, 0.4) is 0 Å². The first-order chi connectivity index (χ1) is 14.8. The molecule has 0 unspecified atom stereocenters. The third kappa shape index (κ3) is 5.55. The SMILES string of the molecule is O=C1CCCN1[C@H](c1ccc(F)cc1)[C@@H](OCC1CC1)c1ccc(OC(F)(F)F)cc1. The van der Waals surface area contributed by atoms with Crippen molar-refractivity contribution in [3.05, 3.63) is 65.5 Å². The van der Waals surface area contributed by atoms with Gasteiger partial charge in [0.2, 0.25) is 5.91 Å². The highest BCUT2D eigenvalue weighted by atomic mass is 19.4. The van der Waals surface area contributed by atoms with Crippen molar-refractivity contribution in [2.45, 2.75) is 44.2 Å². The highest BCUT2D eigenvalue weighted by molar-refractivity contribution is 5.78. The van der Waals surface area contributed by atoms with Gasteiger partial charge in [-0.25, -0.2) is 4.39 Å². The van der Waals surface area contributed by atoms with E-state index >= 15 is 0 Å². The van der Waals surface area contributed by atoms with Crippen molar-refractivity contribution in [1.29, 1.82) is 0 Å². The average molecular weight is 437 g/mol. The molecular formula is C23H23F4NO3. The third-order valence-corrected chi connectivity index (χ3v) is 5.59. The lowest BCUT2D eigenvalue weighted by Gasteiger charge is -2.35. The Labute approximate surface area is 177 Å². The number of likely N-dealkylation sites (tertiary alicyclic amines) is 1. The van der Waals surface area contributed by atoms with Crippen molar-refractivity contribution in [1.82, 2.24) is 4.90 Å². The van der Waals surface area contributed by atoms with Crippen LogP contribution in [0, 0.1) is 11.7 Å². The van der Waals surface area contributed by atoms with Crippen LogP contribution in [0.1, 0.15) is 49.0 Å². The fraction of sp³-hybridized carbons (Fsp3) is 0.435. The molecule has 8 heteroatoms. The van der Waals surface area contributed by atoms with E-state index in [0.717, 1.165) is 12.8 Å². The van der Waals surface area contributed by atoms with Crippen LogP contribution in [-0.4, -0.2) is 30.3 Å². The lowest BCUT2D eigenvalue weighted by Crippen LogP contribution is -2.35. The number of ether oxygens (including phenoxy) is 2. The molecule has 2 aliphatic rings. The number of carbonyl (C=O) groups excluding carboxylic acids is 1. The molecule has 0 bridgehead atoms. The van der Waals surface area contributed by atoms with Gasteiger partial charge >= 0.3 is 6.36 Å². The smallest absolute Gasteiger partial charge is 0.406 e. The number of halogens is 4. The normalized spacial score (nSPS) is 18.8. The molecular weight excluding hydrogens is 414 g/mol. The molecule has 2 aromatic rings. The van der Waals surface area contributed by atoms with Crippen LogP contribution in [0.15, 0.2) is 48.5 Å². The van der Waals surface area contributed by atoms with E-state index < -0.39 is 18.5 Å². The first-order valence-corrected chi connectivity index (χ1v) is 10.3. The molecule has 1 saturated carbocycles. The second kappa shape index (κ2) is 8.86. The number of amides is 1. The molecule has 2 fully saturated rings. The predicted molar refractivity (Wildman–Crippen MR) is 105 cm³/mol. The molecule has 2 atom stereocenters. The Morgan fingerprint density at radius 2 is 1.65 bits per heavy atom. The Bertz CT molecular complexity index is 895. The quantitative estimate of drug-likeness (QED) is 0.508. The molecule has 4 nitrogen and oxygen atoms in total. The fourth-order valence-corrected chi connectivity index (χ4v) is 3.89. The summed E-state index contributed by atoms with van der Waals surface area (Å²) < 4.78 is 61.3. The molecule has 0 aromatic heterocycles. The number of hydrogen-bond acceptors (Lipinski definition) is 3. The van der Waals surface area contributed by atoms with E-state index in [1.807, 2.05) is 0 Å². The van der Waals surface area contributed by atoms with E-state index in [0.29, 0.717) is 43.0 Å². The third-order valence-electron chi connectivity index (χ3n) is 5.59. The van der Waals surface area contributed by atoms with Crippen molar-refractivity contribution in [2.75, 3.05) is 13.2 Å². The summed E-state index contributed by atoms with van der Waals surface area (Å²) in [4.78, 5) is 14.3. The van der Waals surface area contributed by atoms with Gasteiger partial charge in [0.15, 0.2) is 0 Å². The van der Waals surface area contributed by atoms with Gasteiger partial charge in [0.25, 0.3) is 0 Å². The molecule has 1 aliphatic carbocycles. The van der Waals surface area contributed by atoms with Gasteiger partial charge in [0.05, 0.1) is 12.6 Å². The Hall–Kier alpha value is -2.61. The van der Waals surface area contributed by atoms with E-state index in [1.165, 1.54) is 36.4 Å². The summed E-state index contributed by atoms with van der Waals surface area (Å²) in [7, 11) is 0. The summed E-state index contributed by atoms with van der Waals surface area (Å²) in [5, 5.41) is 0. The van der Waals surface area contributed by atoms with Crippen LogP contribution in [0.25, 0.3) is 0 Å². The largest absolute Gasteiger partial charge is 0.573 e. The van der Waals surface area contributed by atoms with Gasteiger partial charge in [0, 0.05) is 13.0 Å². The van der Waals surface area contributed by atoms with E-state index in [4.69, 9.17) is 4.74 Å². The Morgan fingerprint density at radius 1 is 1.00 bits per heavy atom. The summed E-state index contributed by atoms with van der Waals surface area (Å²) >= 11 is 0. The maximum atomic E-state index is 13.6. The van der Waals surface area contributed by atoms with E-state index in [2.05, 4.69) is 4.74 Å². The highest BCUT2D eigenvalue weighted by Crippen LogP contribution is 2.41. The summed E-state index contributed by atoms with van der Waals surface area (Å²) in [6.45, 7) is 1.03. The topological polar surface area (TPSA) is 38.8 Å². The standard InChI is InChI=1S/C23H23F4NO3/c24-18-9-5-16(6-10-18)21(28-13-1-2-20(28)29)22(30-14-15-3-4-15)17-7-11-19(12-8-17)31-23(25,26)27/h5-12,15,21-22H,1-4,13-14H2/t21-,22+/m1/s1. The maximum absolute atomic E-state index is 13.6. The van der Waals surface area contributed by atoms with Gasteiger partial charge in [0.1, 0.15) is 17.7 Å². The number of rotatable bonds is 8. The fourth-order valence-electron chi connectivity index (χ4n) is 3.89. The number of carbonyl (C=O) groups is 1. The first-order valence-electron chi connectivity index (χ1n) is 10.3. The second-order valence-electron chi connectivity index (χ2n) is 8.00. The van der Waals surface area contributed by atoms with Crippen LogP contribution in [0.4, 0.5) is 17.6 Å². The lowest BCUT2D eigenvalue weighted by atomic mass is 9.94. The van der Waals surface area contributed by atoms with Crippen molar-refractivity contribution < 1.29 is 31.8 Å². The predicted octanol–water partition coefficient (Wildman–Crippen LogP) is 5.56. The number of nitrogens with zero attached hydrogens (tertiary/aromatic N) is 1. The Kier molecular flexibility index (Phi) is 6.18. The summed E-state index contributed by atoms with van der Waals surface area (Å²) in [5.41, 5.74) is 1.34. The van der Waals surface area contributed by atoms with Crippen molar-refractivity contribution in [3.8, 4) is 5.75 Å². The minimum Gasteiger partial charge on any atom is -0.406 e. The molecule has 31 heavy (non-hydrogen) atoms. The first kappa shape index (κ1) is 21.6. The molecule has 0 radical (unpaired) electrons. The van der Waals surface area contributed by atoms with Crippen molar-refractivity contribution in [3.63, 3.8) is 0 Å². The summed E-state index contributed by atoms with van der Waals surface area (Å²) in [6, 6.07) is 10.9. The molecule has 0 N–H and O–H groups in total. The average Bonchev–Trinajstić information content (AvgIpc) is 3.45. The monoisotopic (exact) mass is 437 g/mol. The van der Waals surface area contributed by atoms with E-state index in [9.17, 15) is 22.4 Å². The highest BCUT2D eigenvalue weighted by Gasteiger charge is 2.37. The van der Waals surface area contributed by atoms with Crippen LogP contribution >= 0.6 is 0 Å². The van der Waals surface area contributed by atoms with Gasteiger partial charge in [-0.2, -0.15) is 0 Å². The molecule has 166 valence electrons. The molecule has 0 spiro atoms. The van der Waals surface area contributed by atoms with Crippen LogP contribution in [0.5, 0.6) is 5.75 Å². The van der Waals surface area contributed by atoms with Crippen LogP contribution in [0.2, 0.25) is 0 Å². The maximum Gasteiger partial charge on any atom is 0.573 e. The zero-order valence-electron chi connectivity index (χ0n) is 16.8. The molecule has 1 aliphatic heterocycles. The van der Waals surface area contributed by atoms with Gasteiger partial charge in [-0.1, -0.05) is 24.3 Å². The zero-order chi connectivity index (χ0) is 22.0. The van der Waals surface area contributed by atoms with Crippen molar-refractivity contribution in [2.24, 2.45) is 5.92 Å². The zero-order valence-corrected chi connectivity index (χ0v) is 16.8. The molecule has 1 amide bonds. The van der Waals surface area contributed by atoms with Crippen molar-refractivity contribution >= 4 is 5.91 Å². The lowest BCUT2D eigenvalue weighted by molar-refractivity contribution is -0.274. The second-order valence-corrected chi connectivity index (χ2v) is 8.00. The number of benzene rings is 2. The minimum atomic E-state index is -4.78. The molecule has 1 heterocycles. The summed E-state index contributed by atoms with van der Waals surface area (Å²) in [6.07, 6.45) is -2.12. The van der Waals surface area contributed by atoms with Gasteiger partial charge < -0.3 is 14.4 Å². The Balaban J connectivity index is 1.68. The minimum absolute atomic E-state index is 0.0219. The molecule has 4 rings (SSSR count). The van der Waals surface area contributed by atoms with Crippen LogP contribution in [-0.2, 0) is 9.53 Å². The van der Waals surface area contributed by atoms with Crippen LogP contribution < -0.4 is 4.74 Å². The van der Waals surface area contributed by atoms with E-state index in [1.54, 1.807) is 17.0 Å². The van der Waals surface area contributed by atoms with Gasteiger partial charge in [-0.3, -0.25) is 4.79 Å².